The van der Waals surface area contributed by atoms with Gasteiger partial charge in [0.2, 0.25) is 18.2 Å². The van der Waals surface area contributed by atoms with Gasteiger partial charge in [0, 0.05) is 12.7 Å². The Labute approximate surface area is 182 Å². The molecule has 31 heavy (non-hydrogen) atoms. The van der Waals surface area contributed by atoms with Gasteiger partial charge in [0.25, 0.3) is 0 Å². The van der Waals surface area contributed by atoms with Crippen LogP contribution in [0.3, 0.4) is 0 Å². The molecule has 2 saturated carbocycles. The fourth-order valence-corrected chi connectivity index (χ4v) is 5.17. The zero-order chi connectivity index (χ0) is 21.8. The predicted octanol–water partition coefficient (Wildman–Crippen LogP) is 2.23. The second-order valence-corrected chi connectivity index (χ2v) is 9.42. The number of amides is 3. The minimum absolute atomic E-state index is 0.0307. The molecule has 2 heterocycles. The molecule has 2 N–H and O–H groups in total. The van der Waals surface area contributed by atoms with Crippen molar-refractivity contribution in [2.75, 3.05) is 18.4 Å². The lowest BCUT2D eigenvalue weighted by Gasteiger charge is -2.29. The van der Waals surface area contributed by atoms with Gasteiger partial charge in [0.1, 0.15) is 18.2 Å². The Hall–Kier alpha value is -2.55. The normalized spacial score (nSPS) is 23.0. The van der Waals surface area contributed by atoms with Crippen LogP contribution in [0, 0.1) is 17.3 Å². The first kappa shape index (κ1) is 21.7. The Balaban J connectivity index is 1.47. The largest absolute Gasteiger partial charge is 0.330 e. The third-order valence-electron chi connectivity index (χ3n) is 7.16. The van der Waals surface area contributed by atoms with Crippen LogP contribution in [0.5, 0.6) is 0 Å². The fraction of sp³-hybridized carbons (Fsp3) is 0.682. The first-order valence-corrected chi connectivity index (χ1v) is 11.3. The fourth-order valence-electron chi connectivity index (χ4n) is 5.17. The summed E-state index contributed by atoms with van der Waals surface area (Å²) in [7, 11) is 0. The molecular weight excluding hydrogens is 398 g/mol. The molecule has 0 aromatic carbocycles. The lowest BCUT2D eigenvalue weighted by molar-refractivity contribution is -0.158. The summed E-state index contributed by atoms with van der Waals surface area (Å²) in [5.41, 5.74) is 0.0307. The van der Waals surface area contributed by atoms with E-state index >= 15 is 0 Å². The SMILES string of the molecule is O=CN(O)C[C@@H](CCC1CCCC1)C(=O)N1CC2(CC2)C[C@H]1C(=O)Nc1ccncn1. The van der Waals surface area contributed by atoms with Crippen molar-refractivity contribution in [1.82, 2.24) is 19.9 Å². The van der Waals surface area contributed by atoms with Crippen molar-refractivity contribution >= 4 is 24.0 Å². The maximum atomic E-state index is 13.6. The number of aromatic nitrogens is 2. The summed E-state index contributed by atoms with van der Waals surface area (Å²) < 4.78 is 0. The Kier molecular flexibility index (Phi) is 6.50. The molecule has 3 aliphatic rings. The minimum Gasteiger partial charge on any atom is -0.330 e. The smallest absolute Gasteiger partial charge is 0.248 e. The van der Waals surface area contributed by atoms with Gasteiger partial charge in [-0.1, -0.05) is 25.7 Å². The molecule has 0 radical (unpaired) electrons. The summed E-state index contributed by atoms with van der Waals surface area (Å²) in [5, 5.41) is 13.2. The molecule has 1 aromatic rings. The minimum atomic E-state index is -0.567. The highest BCUT2D eigenvalue weighted by Gasteiger charge is 2.55. The summed E-state index contributed by atoms with van der Waals surface area (Å²) >= 11 is 0. The summed E-state index contributed by atoms with van der Waals surface area (Å²) in [6.45, 7) is 0.513. The van der Waals surface area contributed by atoms with Crippen molar-refractivity contribution in [2.24, 2.45) is 17.3 Å². The summed E-state index contributed by atoms with van der Waals surface area (Å²) in [6, 6.07) is 1.05. The topological polar surface area (TPSA) is 116 Å². The van der Waals surface area contributed by atoms with Crippen LogP contribution in [0.15, 0.2) is 18.6 Å². The highest BCUT2D eigenvalue weighted by Crippen LogP contribution is 2.55. The van der Waals surface area contributed by atoms with Crippen molar-refractivity contribution in [2.45, 2.75) is 63.8 Å². The van der Waals surface area contributed by atoms with E-state index in [0.29, 0.717) is 42.6 Å². The van der Waals surface area contributed by atoms with E-state index in [9.17, 15) is 19.6 Å². The molecule has 1 saturated heterocycles. The molecule has 0 unspecified atom stereocenters. The molecule has 1 aliphatic heterocycles. The van der Waals surface area contributed by atoms with Crippen LogP contribution in [0.2, 0.25) is 0 Å². The van der Waals surface area contributed by atoms with E-state index in [0.717, 1.165) is 19.3 Å². The quantitative estimate of drug-likeness (QED) is 0.353. The van der Waals surface area contributed by atoms with Crippen LogP contribution in [0.4, 0.5) is 5.82 Å². The second-order valence-electron chi connectivity index (χ2n) is 9.42. The number of carbonyl (C=O) groups is 3. The molecule has 168 valence electrons. The van der Waals surface area contributed by atoms with Crippen LogP contribution in [0.1, 0.15) is 57.8 Å². The number of rotatable bonds is 9. The summed E-state index contributed by atoms with van der Waals surface area (Å²) in [4.78, 5) is 47.2. The van der Waals surface area contributed by atoms with E-state index in [1.165, 1.54) is 32.0 Å². The molecule has 2 aliphatic carbocycles. The van der Waals surface area contributed by atoms with E-state index in [1.54, 1.807) is 17.2 Å². The first-order valence-electron chi connectivity index (χ1n) is 11.3. The highest BCUT2D eigenvalue weighted by molar-refractivity contribution is 5.97. The Morgan fingerprint density at radius 3 is 2.77 bits per heavy atom. The second kappa shape index (κ2) is 9.30. The zero-order valence-corrected chi connectivity index (χ0v) is 17.8. The van der Waals surface area contributed by atoms with Gasteiger partial charge < -0.3 is 10.2 Å². The summed E-state index contributed by atoms with van der Waals surface area (Å²) in [6.07, 6.45) is 12.2. The van der Waals surface area contributed by atoms with Gasteiger partial charge >= 0.3 is 0 Å². The third-order valence-corrected chi connectivity index (χ3v) is 7.16. The molecule has 2 atom stereocenters. The van der Waals surface area contributed by atoms with Crippen LogP contribution in [0.25, 0.3) is 0 Å². The molecule has 1 aromatic heterocycles. The van der Waals surface area contributed by atoms with Gasteiger partial charge in [-0.25, -0.2) is 15.0 Å². The average Bonchev–Trinajstić information content (AvgIpc) is 3.15. The number of anilines is 1. The van der Waals surface area contributed by atoms with Crippen molar-refractivity contribution in [3.05, 3.63) is 18.6 Å². The number of hydrogen-bond acceptors (Lipinski definition) is 6. The van der Waals surface area contributed by atoms with Crippen LogP contribution >= 0.6 is 0 Å². The van der Waals surface area contributed by atoms with Gasteiger partial charge in [-0.3, -0.25) is 19.6 Å². The van der Waals surface area contributed by atoms with Crippen LogP contribution in [-0.2, 0) is 14.4 Å². The maximum absolute atomic E-state index is 13.6. The van der Waals surface area contributed by atoms with Crippen LogP contribution < -0.4 is 5.32 Å². The molecule has 3 amide bonds. The van der Waals surface area contributed by atoms with Crippen LogP contribution in [-0.4, -0.2) is 62.5 Å². The number of hydroxylamine groups is 2. The maximum Gasteiger partial charge on any atom is 0.248 e. The first-order chi connectivity index (χ1) is 15.0. The summed E-state index contributed by atoms with van der Waals surface area (Å²) in [5.74, 6) is 0.0967. The van der Waals surface area contributed by atoms with E-state index in [2.05, 4.69) is 15.3 Å². The Morgan fingerprint density at radius 1 is 1.35 bits per heavy atom. The monoisotopic (exact) mass is 429 g/mol. The number of likely N-dealkylation sites (tertiary alicyclic amines) is 1. The van der Waals surface area contributed by atoms with Gasteiger partial charge in [0.05, 0.1) is 12.5 Å². The molecule has 1 spiro atoms. The van der Waals surface area contributed by atoms with Crippen molar-refractivity contribution in [3.63, 3.8) is 0 Å². The van der Waals surface area contributed by atoms with Crippen molar-refractivity contribution in [3.8, 4) is 0 Å². The third kappa shape index (κ3) is 5.20. The van der Waals surface area contributed by atoms with E-state index in [1.807, 2.05) is 0 Å². The number of nitrogens with one attached hydrogen (secondary N) is 1. The Bertz CT molecular complexity index is 794. The standard InChI is InChI=1S/C22H31N5O4/c28-15-26(31)12-17(6-5-16-3-1-2-4-16)21(30)27-13-22(8-9-22)11-18(27)20(29)25-19-7-10-23-14-24-19/h7,10,14-18,31H,1-6,8-9,11-13H2,(H,23,24,25,29)/t17-,18+/m1/s1. The van der Waals surface area contributed by atoms with E-state index in [-0.39, 0.29) is 23.8 Å². The van der Waals surface area contributed by atoms with Gasteiger partial charge in [-0.15, -0.1) is 0 Å². The zero-order valence-electron chi connectivity index (χ0n) is 17.8. The molecule has 9 nitrogen and oxygen atoms in total. The predicted molar refractivity (Wildman–Crippen MR) is 112 cm³/mol. The van der Waals surface area contributed by atoms with Crippen molar-refractivity contribution < 1.29 is 19.6 Å². The number of hydrogen-bond donors (Lipinski definition) is 2. The number of carbonyl (C=O) groups excluding carboxylic acids is 3. The molecule has 0 bridgehead atoms. The van der Waals surface area contributed by atoms with Crippen molar-refractivity contribution in [1.29, 1.82) is 0 Å². The van der Waals surface area contributed by atoms with Gasteiger partial charge in [-0.2, -0.15) is 0 Å². The molecular formula is C22H31N5O4. The molecule has 3 fully saturated rings. The Morgan fingerprint density at radius 2 is 2.13 bits per heavy atom. The van der Waals surface area contributed by atoms with Gasteiger partial charge in [-0.05, 0) is 49.5 Å². The lowest BCUT2D eigenvalue weighted by atomic mass is 9.93. The highest BCUT2D eigenvalue weighted by atomic mass is 16.5. The molecule has 4 rings (SSSR count). The lowest BCUT2D eigenvalue weighted by Crippen LogP contribution is -2.47. The van der Waals surface area contributed by atoms with E-state index < -0.39 is 12.0 Å². The molecule has 9 heteroatoms. The average molecular weight is 430 g/mol. The van der Waals surface area contributed by atoms with E-state index in [4.69, 9.17) is 0 Å². The van der Waals surface area contributed by atoms with Gasteiger partial charge in [0.15, 0.2) is 0 Å². The number of nitrogens with zero attached hydrogens (tertiary/aromatic N) is 4.